The number of hydrogen-bond donors (Lipinski definition) is 1. The molecule has 5 nitrogen and oxygen atoms in total. The average molecular weight is 274 g/mol. The van der Waals surface area contributed by atoms with Crippen LogP contribution in [0.1, 0.15) is 21.7 Å². The van der Waals surface area contributed by atoms with Gasteiger partial charge >= 0.3 is 5.97 Å². The van der Waals surface area contributed by atoms with Gasteiger partial charge in [-0.3, -0.25) is 4.79 Å². The number of halogens is 1. The maximum absolute atomic E-state index is 13.0. The maximum Gasteiger partial charge on any atom is 0.373 e. The Labute approximate surface area is 114 Å². The molecule has 0 atom stereocenters. The SMILES string of the molecule is O=C(Cc1cnc(C(=O)O)nc1)Cc1cccc(F)c1. The number of carbonyl (C=O) groups is 2. The van der Waals surface area contributed by atoms with Crippen molar-refractivity contribution in [3.05, 3.63) is 59.4 Å². The molecule has 102 valence electrons. The van der Waals surface area contributed by atoms with Crippen molar-refractivity contribution < 1.29 is 19.1 Å². The minimum atomic E-state index is -1.22. The zero-order chi connectivity index (χ0) is 14.5. The number of aromatic carboxylic acids is 1. The third-order valence-corrected chi connectivity index (χ3v) is 2.59. The van der Waals surface area contributed by atoms with E-state index < -0.39 is 5.97 Å². The van der Waals surface area contributed by atoms with Gasteiger partial charge in [0.15, 0.2) is 0 Å². The summed E-state index contributed by atoms with van der Waals surface area (Å²) in [6.45, 7) is 0. The number of Topliss-reactive ketones (excluding diaryl/α,β-unsaturated/α-hetero) is 1. The molecule has 20 heavy (non-hydrogen) atoms. The summed E-state index contributed by atoms with van der Waals surface area (Å²) < 4.78 is 13.0. The number of carbonyl (C=O) groups excluding carboxylic acids is 1. The lowest BCUT2D eigenvalue weighted by Crippen LogP contribution is -2.09. The Hall–Kier alpha value is -2.63. The van der Waals surface area contributed by atoms with Gasteiger partial charge in [0.25, 0.3) is 0 Å². The summed E-state index contributed by atoms with van der Waals surface area (Å²) in [5.74, 6) is -2.04. The Morgan fingerprint density at radius 2 is 1.75 bits per heavy atom. The molecule has 0 amide bonds. The highest BCUT2D eigenvalue weighted by Gasteiger charge is 2.09. The first-order valence-corrected chi connectivity index (χ1v) is 5.85. The van der Waals surface area contributed by atoms with Crippen molar-refractivity contribution in [2.45, 2.75) is 12.8 Å². The van der Waals surface area contributed by atoms with E-state index in [0.717, 1.165) is 0 Å². The lowest BCUT2D eigenvalue weighted by atomic mass is 10.0. The molecule has 0 unspecified atom stereocenters. The molecule has 1 N–H and O–H groups in total. The summed E-state index contributed by atoms with van der Waals surface area (Å²) in [6.07, 6.45) is 2.80. The molecule has 1 aromatic heterocycles. The number of rotatable bonds is 5. The highest BCUT2D eigenvalue weighted by Crippen LogP contribution is 2.07. The molecule has 0 aliphatic rings. The minimum Gasteiger partial charge on any atom is -0.475 e. The number of aromatic nitrogens is 2. The summed E-state index contributed by atoms with van der Waals surface area (Å²) in [4.78, 5) is 29.7. The zero-order valence-electron chi connectivity index (χ0n) is 10.4. The lowest BCUT2D eigenvalue weighted by molar-refractivity contribution is -0.117. The van der Waals surface area contributed by atoms with Gasteiger partial charge in [0.05, 0.1) is 0 Å². The van der Waals surface area contributed by atoms with Gasteiger partial charge in [-0.1, -0.05) is 12.1 Å². The Morgan fingerprint density at radius 1 is 1.10 bits per heavy atom. The number of nitrogens with zero attached hydrogens (tertiary/aromatic N) is 2. The standard InChI is InChI=1S/C14H11FN2O3/c15-11-3-1-2-9(4-11)5-12(18)6-10-7-16-13(14(19)20)17-8-10/h1-4,7-8H,5-6H2,(H,19,20). The van der Waals surface area contributed by atoms with Crippen LogP contribution in [0.15, 0.2) is 36.7 Å². The lowest BCUT2D eigenvalue weighted by Gasteiger charge is -2.02. The van der Waals surface area contributed by atoms with Crippen molar-refractivity contribution in [3.8, 4) is 0 Å². The highest BCUT2D eigenvalue weighted by atomic mass is 19.1. The van der Waals surface area contributed by atoms with Gasteiger partial charge in [0.1, 0.15) is 11.6 Å². The summed E-state index contributed by atoms with van der Waals surface area (Å²) in [5.41, 5.74) is 1.12. The molecule has 0 aliphatic carbocycles. The Morgan fingerprint density at radius 3 is 2.35 bits per heavy atom. The maximum atomic E-state index is 13.0. The van der Waals surface area contributed by atoms with Crippen LogP contribution in [0.5, 0.6) is 0 Å². The zero-order valence-corrected chi connectivity index (χ0v) is 10.4. The van der Waals surface area contributed by atoms with Crippen molar-refractivity contribution in [1.29, 1.82) is 0 Å². The number of ketones is 1. The van der Waals surface area contributed by atoms with Crippen LogP contribution in [-0.2, 0) is 17.6 Å². The van der Waals surface area contributed by atoms with Gasteiger partial charge in [-0.2, -0.15) is 0 Å². The second kappa shape index (κ2) is 6.01. The van der Waals surface area contributed by atoms with Crippen LogP contribution < -0.4 is 0 Å². The molecule has 0 radical (unpaired) electrons. The van der Waals surface area contributed by atoms with E-state index in [4.69, 9.17) is 5.11 Å². The number of hydrogen-bond acceptors (Lipinski definition) is 4. The van der Waals surface area contributed by atoms with Crippen LogP contribution in [-0.4, -0.2) is 26.8 Å². The quantitative estimate of drug-likeness (QED) is 0.897. The van der Waals surface area contributed by atoms with Crippen LogP contribution in [0, 0.1) is 5.82 Å². The second-order valence-corrected chi connectivity index (χ2v) is 4.24. The number of carboxylic acids is 1. The smallest absolute Gasteiger partial charge is 0.373 e. The predicted molar refractivity (Wildman–Crippen MR) is 67.8 cm³/mol. The third-order valence-electron chi connectivity index (χ3n) is 2.59. The van der Waals surface area contributed by atoms with Crippen LogP contribution in [0.3, 0.4) is 0 Å². The summed E-state index contributed by atoms with van der Waals surface area (Å²) in [7, 11) is 0. The fraction of sp³-hybridized carbons (Fsp3) is 0.143. The Balaban J connectivity index is 1.99. The van der Waals surface area contributed by atoms with E-state index in [-0.39, 0.29) is 30.3 Å². The highest BCUT2D eigenvalue weighted by molar-refractivity contribution is 5.84. The van der Waals surface area contributed by atoms with Crippen molar-refractivity contribution in [2.24, 2.45) is 0 Å². The molecule has 0 aliphatic heterocycles. The van der Waals surface area contributed by atoms with Crippen molar-refractivity contribution in [2.75, 3.05) is 0 Å². The number of benzene rings is 1. The molecular weight excluding hydrogens is 263 g/mol. The topological polar surface area (TPSA) is 80.2 Å². The van der Waals surface area contributed by atoms with Gasteiger partial charge in [-0.05, 0) is 23.3 Å². The number of carboxylic acid groups (broad SMARTS) is 1. The molecule has 0 spiro atoms. The molecule has 0 saturated heterocycles. The average Bonchev–Trinajstić information content (AvgIpc) is 2.39. The van der Waals surface area contributed by atoms with E-state index in [1.807, 2.05) is 0 Å². The van der Waals surface area contributed by atoms with Gasteiger partial charge in [-0.15, -0.1) is 0 Å². The first kappa shape index (κ1) is 13.8. The van der Waals surface area contributed by atoms with Crippen LogP contribution >= 0.6 is 0 Å². The predicted octanol–water partition coefficient (Wildman–Crippen LogP) is 1.67. The van der Waals surface area contributed by atoms with E-state index in [1.54, 1.807) is 12.1 Å². The molecule has 6 heteroatoms. The first-order valence-electron chi connectivity index (χ1n) is 5.85. The van der Waals surface area contributed by atoms with E-state index in [9.17, 15) is 14.0 Å². The fourth-order valence-electron chi connectivity index (χ4n) is 1.72. The van der Waals surface area contributed by atoms with Crippen molar-refractivity contribution in [1.82, 2.24) is 9.97 Å². The van der Waals surface area contributed by atoms with Crippen molar-refractivity contribution >= 4 is 11.8 Å². The normalized spacial score (nSPS) is 10.2. The van der Waals surface area contributed by atoms with E-state index in [2.05, 4.69) is 9.97 Å². The monoisotopic (exact) mass is 274 g/mol. The molecule has 0 bridgehead atoms. The molecule has 2 aromatic rings. The van der Waals surface area contributed by atoms with E-state index >= 15 is 0 Å². The van der Waals surface area contributed by atoms with Crippen LogP contribution in [0.25, 0.3) is 0 Å². The molecule has 1 heterocycles. The second-order valence-electron chi connectivity index (χ2n) is 4.24. The Bertz CT molecular complexity index is 641. The molecule has 2 rings (SSSR count). The summed E-state index contributed by atoms with van der Waals surface area (Å²) >= 11 is 0. The van der Waals surface area contributed by atoms with E-state index in [1.165, 1.54) is 24.5 Å². The van der Waals surface area contributed by atoms with Gasteiger partial charge in [0.2, 0.25) is 5.82 Å². The molecule has 0 fully saturated rings. The first-order chi connectivity index (χ1) is 9.54. The van der Waals surface area contributed by atoms with Crippen molar-refractivity contribution in [3.63, 3.8) is 0 Å². The molecule has 1 aromatic carbocycles. The largest absolute Gasteiger partial charge is 0.475 e. The Kier molecular flexibility index (Phi) is 4.14. The summed E-state index contributed by atoms with van der Waals surface area (Å²) in [6, 6.07) is 5.84. The van der Waals surface area contributed by atoms with E-state index in [0.29, 0.717) is 11.1 Å². The fourth-order valence-corrected chi connectivity index (χ4v) is 1.72. The minimum absolute atomic E-state index is 0.0798. The van der Waals surface area contributed by atoms with Gasteiger partial charge in [-0.25, -0.2) is 19.2 Å². The molecule has 0 saturated carbocycles. The van der Waals surface area contributed by atoms with Crippen LogP contribution in [0.4, 0.5) is 4.39 Å². The summed E-state index contributed by atoms with van der Waals surface area (Å²) in [5, 5.41) is 8.65. The van der Waals surface area contributed by atoms with Crippen LogP contribution in [0.2, 0.25) is 0 Å². The van der Waals surface area contributed by atoms with Gasteiger partial charge < -0.3 is 5.11 Å². The van der Waals surface area contributed by atoms with Gasteiger partial charge in [0, 0.05) is 25.2 Å². The molecular formula is C14H11FN2O3. The third kappa shape index (κ3) is 3.68.